The highest BCUT2D eigenvalue weighted by Gasteiger charge is 2.53. The molecule has 0 saturated carbocycles. The predicted octanol–water partition coefficient (Wildman–Crippen LogP) is 1.50. The monoisotopic (exact) mass is 354 g/mol. The Morgan fingerprint density at radius 1 is 1.08 bits per heavy atom. The van der Waals surface area contributed by atoms with Crippen LogP contribution >= 0.6 is 0 Å². The quantitative estimate of drug-likeness (QED) is 0.768. The van der Waals surface area contributed by atoms with E-state index in [9.17, 15) is 9.59 Å². The van der Waals surface area contributed by atoms with Crippen molar-refractivity contribution in [3.63, 3.8) is 0 Å². The van der Waals surface area contributed by atoms with E-state index in [0.29, 0.717) is 11.8 Å². The number of amidine groups is 1. The number of amides is 3. The molecular weight excluding hydrogens is 334 g/mol. The zero-order valence-electron chi connectivity index (χ0n) is 15.3. The molecular formula is C18H20N5O3+. The number of ether oxygens (including phenoxy) is 1. The maximum atomic E-state index is 12.8. The fraction of sp³-hybridized carbons (Fsp3) is 0.333. The van der Waals surface area contributed by atoms with Gasteiger partial charge in [0.05, 0.1) is 7.11 Å². The van der Waals surface area contributed by atoms with Crippen LogP contribution in [0.2, 0.25) is 0 Å². The van der Waals surface area contributed by atoms with Gasteiger partial charge >= 0.3 is 12.0 Å². The number of likely N-dealkylation sites (N-methyl/N-ethyl adjacent to an activating group) is 2. The number of urea groups is 1. The van der Waals surface area contributed by atoms with Gasteiger partial charge in [-0.25, -0.2) is 9.36 Å². The number of carbonyl (C=O) groups is 2. The Hall–Kier alpha value is -3.16. The normalized spacial score (nSPS) is 18.8. The number of fused-ring (bicyclic) bond motifs is 3. The van der Waals surface area contributed by atoms with E-state index >= 15 is 0 Å². The molecule has 8 nitrogen and oxygen atoms in total. The van der Waals surface area contributed by atoms with Crippen LogP contribution in [0.4, 0.5) is 10.7 Å². The molecule has 4 rings (SSSR count). The molecule has 8 heteroatoms. The SMILES string of the molecule is COc1ccc(-n2c(C)c(C)[n+]3c2N=C2C3C(=O)N(C)C(=O)N2C)cc1. The van der Waals surface area contributed by atoms with Crippen LogP contribution in [-0.2, 0) is 4.79 Å². The molecule has 1 aromatic heterocycles. The summed E-state index contributed by atoms with van der Waals surface area (Å²) in [5.74, 6) is 1.58. The summed E-state index contributed by atoms with van der Waals surface area (Å²) in [4.78, 5) is 32.3. The van der Waals surface area contributed by atoms with E-state index in [1.807, 2.05) is 47.2 Å². The van der Waals surface area contributed by atoms with Gasteiger partial charge in [0.25, 0.3) is 5.91 Å². The van der Waals surface area contributed by atoms with Crippen LogP contribution in [0.15, 0.2) is 29.3 Å². The number of imidazole rings is 1. The number of methoxy groups -OCH3 is 1. The summed E-state index contributed by atoms with van der Waals surface area (Å²) in [6.45, 7) is 3.95. The number of carbonyl (C=O) groups excluding carboxylic acids is 2. The summed E-state index contributed by atoms with van der Waals surface area (Å²) in [6, 6.07) is 6.65. The summed E-state index contributed by atoms with van der Waals surface area (Å²) < 4.78 is 9.12. The Labute approximate surface area is 150 Å². The molecule has 2 aliphatic rings. The third kappa shape index (κ3) is 1.95. The van der Waals surface area contributed by atoms with Crippen molar-refractivity contribution in [1.29, 1.82) is 0 Å². The van der Waals surface area contributed by atoms with Crippen LogP contribution in [0, 0.1) is 13.8 Å². The number of imide groups is 1. The van der Waals surface area contributed by atoms with Gasteiger partial charge in [0, 0.05) is 14.1 Å². The first-order chi connectivity index (χ1) is 12.4. The number of nitrogens with zero attached hydrogens (tertiary/aromatic N) is 5. The fourth-order valence-electron chi connectivity index (χ4n) is 3.56. The standard InChI is InChI=1S/C18H20N5O3/c1-10-11(2)23-14-15(20(3)18(25)21(4)16(14)24)19-17(23)22(10)12-6-8-13(26-5)9-7-12/h6-9,14H,1-5H3/q+1. The fourth-order valence-corrected chi connectivity index (χ4v) is 3.56. The minimum absolute atomic E-state index is 0.273. The number of rotatable bonds is 2. The van der Waals surface area contributed by atoms with Gasteiger partial charge in [-0.2, -0.15) is 4.57 Å². The minimum atomic E-state index is -0.615. The van der Waals surface area contributed by atoms with E-state index in [1.165, 1.54) is 11.9 Å². The summed E-state index contributed by atoms with van der Waals surface area (Å²) >= 11 is 0. The summed E-state index contributed by atoms with van der Waals surface area (Å²) in [6.07, 6.45) is 0. The summed E-state index contributed by atoms with van der Waals surface area (Å²) in [5, 5.41) is 0. The number of aromatic nitrogens is 2. The van der Waals surface area contributed by atoms with Crippen LogP contribution in [-0.4, -0.2) is 53.3 Å². The minimum Gasteiger partial charge on any atom is -0.497 e. The van der Waals surface area contributed by atoms with Crippen molar-refractivity contribution in [3.05, 3.63) is 35.7 Å². The van der Waals surface area contributed by atoms with E-state index in [4.69, 9.17) is 4.74 Å². The van der Waals surface area contributed by atoms with E-state index in [-0.39, 0.29) is 11.9 Å². The number of hydrogen-bond acceptors (Lipinski definition) is 4. The molecule has 3 heterocycles. The van der Waals surface area contributed by atoms with Gasteiger partial charge in [0.1, 0.15) is 22.8 Å². The Morgan fingerprint density at radius 3 is 2.35 bits per heavy atom. The molecule has 2 aliphatic heterocycles. The molecule has 1 atom stereocenters. The summed E-state index contributed by atoms with van der Waals surface area (Å²) in [5.41, 5.74) is 2.84. The molecule has 2 aromatic rings. The Bertz CT molecular complexity index is 974. The van der Waals surface area contributed by atoms with Crippen LogP contribution < -0.4 is 9.30 Å². The lowest BCUT2D eigenvalue weighted by atomic mass is 10.1. The lowest BCUT2D eigenvalue weighted by molar-refractivity contribution is -0.682. The second-order valence-corrected chi connectivity index (χ2v) is 6.49. The molecule has 134 valence electrons. The lowest BCUT2D eigenvalue weighted by Gasteiger charge is -2.30. The van der Waals surface area contributed by atoms with Gasteiger partial charge < -0.3 is 4.74 Å². The third-order valence-corrected chi connectivity index (χ3v) is 5.17. The average molecular weight is 354 g/mol. The molecule has 0 spiro atoms. The zero-order valence-corrected chi connectivity index (χ0v) is 15.3. The van der Waals surface area contributed by atoms with Crippen molar-refractivity contribution in [2.45, 2.75) is 19.9 Å². The largest absolute Gasteiger partial charge is 0.497 e. The lowest BCUT2D eigenvalue weighted by Crippen LogP contribution is -2.62. The molecule has 1 aromatic carbocycles. The highest BCUT2D eigenvalue weighted by molar-refractivity contribution is 6.18. The van der Waals surface area contributed by atoms with Crippen molar-refractivity contribution >= 4 is 23.7 Å². The predicted molar refractivity (Wildman–Crippen MR) is 94.1 cm³/mol. The maximum absolute atomic E-state index is 12.8. The van der Waals surface area contributed by atoms with Crippen molar-refractivity contribution in [3.8, 4) is 11.4 Å². The van der Waals surface area contributed by atoms with Crippen LogP contribution in [0.5, 0.6) is 5.75 Å². The number of hydrogen-bond donors (Lipinski definition) is 0. The maximum Gasteiger partial charge on any atom is 0.407 e. The molecule has 0 N–H and O–H groups in total. The van der Waals surface area contributed by atoms with E-state index < -0.39 is 6.04 Å². The second-order valence-electron chi connectivity index (χ2n) is 6.49. The highest BCUT2D eigenvalue weighted by atomic mass is 16.5. The Kier molecular flexibility index (Phi) is 3.40. The van der Waals surface area contributed by atoms with Crippen molar-refractivity contribution in [1.82, 2.24) is 14.4 Å². The molecule has 0 bridgehead atoms. The summed E-state index contributed by atoms with van der Waals surface area (Å²) in [7, 11) is 4.77. The third-order valence-electron chi connectivity index (χ3n) is 5.17. The van der Waals surface area contributed by atoms with E-state index in [1.54, 1.807) is 14.2 Å². The smallest absolute Gasteiger partial charge is 0.407 e. The van der Waals surface area contributed by atoms with Crippen molar-refractivity contribution in [2.24, 2.45) is 4.99 Å². The van der Waals surface area contributed by atoms with Crippen molar-refractivity contribution < 1.29 is 18.9 Å². The molecule has 0 aliphatic carbocycles. The van der Waals surface area contributed by atoms with Gasteiger partial charge in [-0.3, -0.25) is 14.6 Å². The van der Waals surface area contributed by atoms with Gasteiger partial charge in [-0.15, -0.1) is 0 Å². The van der Waals surface area contributed by atoms with Gasteiger partial charge in [0.15, 0.2) is 0 Å². The van der Waals surface area contributed by atoms with Gasteiger partial charge in [-0.05, 0) is 38.1 Å². The van der Waals surface area contributed by atoms with E-state index in [0.717, 1.165) is 27.7 Å². The van der Waals surface area contributed by atoms with Crippen LogP contribution in [0.25, 0.3) is 5.69 Å². The van der Waals surface area contributed by atoms with Gasteiger partial charge in [0.2, 0.25) is 11.9 Å². The second kappa shape index (κ2) is 5.42. The van der Waals surface area contributed by atoms with Crippen LogP contribution in [0.1, 0.15) is 17.4 Å². The molecule has 26 heavy (non-hydrogen) atoms. The van der Waals surface area contributed by atoms with Crippen molar-refractivity contribution in [2.75, 3.05) is 21.2 Å². The average Bonchev–Trinajstić information content (AvgIpc) is 3.14. The van der Waals surface area contributed by atoms with Crippen LogP contribution in [0.3, 0.4) is 0 Å². The molecule has 1 unspecified atom stereocenters. The molecule has 0 radical (unpaired) electrons. The van der Waals surface area contributed by atoms with E-state index in [2.05, 4.69) is 4.99 Å². The highest BCUT2D eigenvalue weighted by Crippen LogP contribution is 2.32. The first-order valence-electron chi connectivity index (χ1n) is 8.28. The number of aliphatic imine (C=N–C) groups is 1. The molecule has 1 saturated heterocycles. The Morgan fingerprint density at radius 2 is 1.73 bits per heavy atom. The Balaban J connectivity index is 1.92. The van der Waals surface area contributed by atoms with Gasteiger partial charge in [-0.1, -0.05) is 4.99 Å². The molecule has 3 amide bonds. The zero-order chi connectivity index (χ0) is 18.7. The number of benzene rings is 1. The first-order valence-corrected chi connectivity index (χ1v) is 8.28. The topological polar surface area (TPSA) is 71.0 Å². The first kappa shape index (κ1) is 16.3. The molecule has 1 fully saturated rings.